The molecule has 3 nitrogen and oxygen atoms in total. The zero-order valence-corrected chi connectivity index (χ0v) is 10.9. The highest BCUT2D eigenvalue weighted by atomic mass is 32.2. The molecule has 1 N–H and O–H groups in total. The molecule has 0 atom stereocenters. The lowest BCUT2D eigenvalue weighted by molar-refractivity contribution is 0.356. The van der Waals surface area contributed by atoms with E-state index in [1.165, 1.54) is 32.1 Å². The first-order valence-corrected chi connectivity index (χ1v) is 7.30. The maximum Gasteiger partial charge on any atom is 0.216 e. The van der Waals surface area contributed by atoms with Crippen LogP contribution in [0.5, 0.6) is 0 Å². The molecule has 0 spiro atoms. The van der Waals surface area contributed by atoms with E-state index in [-0.39, 0.29) is 0 Å². The van der Waals surface area contributed by atoms with Crippen molar-refractivity contribution in [2.45, 2.75) is 57.6 Å². The van der Waals surface area contributed by atoms with Crippen molar-refractivity contribution in [3.63, 3.8) is 0 Å². The van der Waals surface area contributed by atoms with Crippen molar-refractivity contribution in [1.29, 1.82) is 0 Å². The van der Waals surface area contributed by atoms with E-state index in [1.54, 1.807) is 20.8 Å². The second-order valence-corrected chi connectivity index (χ2v) is 7.99. The number of hydrogen-bond donors (Lipinski definition) is 1. The lowest BCUT2D eigenvalue weighted by atomic mass is 9.90. The molecule has 0 radical (unpaired) electrons. The molecular weight excluding hydrogens is 210 g/mol. The van der Waals surface area contributed by atoms with E-state index < -0.39 is 14.8 Å². The molecule has 1 rings (SSSR count). The van der Waals surface area contributed by atoms with Crippen molar-refractivity contribution in [2.75, 3.05) is 6.54 Å². The highest BCUT2D eigenvalue weighted by molar-refractivity contribution is 7.90. The number of hydrogen-bond acceptors (Lipinski definition) is 2. The Morgan fingerprint density at radius 2 is 1.67 bits per heavy atom. The summed E-state index contributed by atoms with van der Waals surface area (Å²) in [6.45, 7) is 5.82. The minimum atomic E-state index is -3.15. The van der Waals surface area contributed by atoms with Gasteiger partial charge in [0.2, 0.25) is 10.0 Å². The lowest BCUT2D eigenvalue weighted by Crippen LogP contribution is -2.41. The molecule has 15 heavy (non-hydrogen) atoms. The zero-order chi connectivity index (χ0) is 11.5. The fourth-order valence-corrected chi connectivity index (χ4v) is 2.72. The average Bonchev–Trinajstić information content (AvgIpc) is 2.15. The molecule has 0 amide bonds. The van der Waals surface area contributed by atoms with Gasteiger partial charge in [-0.3, -0.25) is 0 Å². The maximum atomic E-state index is 11.8. The molecule has 0 unspecified atom stereocenters. The second-order valence-electron chi connectivity index (χ2n) is 5.47. The Bertz CT molecular complexity index is 284. The van der Waals surface area contributed by atoms with Gasteiger partial charge in [-0.1, -0.05) is 19.3 Å². The van der Waals surface area contributed by atoms with Gasteiger partial charge in [-0.15, -0.1) is 0 Å². The van der Waals surface area contributed by atoms with Crippen LogP contribution in [0.15, 0.2) is 0 Å². The molecular formula is C11H23NO2S. The van der Waals surface area contributed by atoms with Gasteiger partial charge in [0.05, 0.1) is 4.75 Å². The van der Waals surface area contributed by atoms with Gasteiger partial charge < -0.3 is 0 Å². The van der Waals surface area contributed by atoms with Crippen LogP contribution in [0.3, 0.4) is 0 Å². The molecule has 0 aliphatic heterocycles. The first-order valence-electron chi connectivity index (χ1n) is 5.82. The van der Waals surface area contributed by atoms with E-state index in [4.69, 9.17) is 0 Å². The van der Waals surface area contributed by atoms with Crippen LogP contribution in [-0.2, 0) is 10.0 Å². The van der Waals surface area contributed by atoms with Gasteiger partial charge in [0.15, 0.2) is 0 Å². The summed E-state index contributed by atoms with van der Waals surface area (Å²) in [5.41, 5.74) is 0. The van der Waals surface area contributed by atoms with Crippen molar-refractivity contribution < 1.29 is 8.42 Å². The third-order valence-electron chi connectivity index (χ3n) is 3.09. The molecule has 0 heterocycles. The fraction of sp³-hybridized carbons (Fsp3) is 1.00. The minimum Gasteiger partial charge on any atom is -0.215 e. The molecule has 1 saturated carbocycles. The van der Waals surface area contributed by atoms with Crippen molar-refractivity contribution in [2.24, 2.45) is 5.92 Å². The van der Waals surface area contributed by atoms with E-state index in [1.807, 2.05) is 0 Å². The summed E-state index contributed by atoms with van der Waals surface area (Å²) in [4.78, 5) is 0. The second kappa shape index (κ2) is 4.83. The fourth-order valence-electron chi connectivity index (χ4n) is 1.84. The van der Waals surface area contributed by atoms with Gasteiger partial charge >= 0.3 is 0 Å². The SMILES string of the molecule is CC(C)(C)S(=O)(=O)NCC1CCCCC1. The summed E-state index contributed by atoms with van der Waals surface area (Å²) < 4.78 is 25.6. The molecule has 1 fully saturated rings. The third-order valence-corrected chi connectivity index (χ3v) is 5.25. The quantitative estimate of drug-likeness (QED) is 0.813. The van der Waals surface area contributed by atoms with Crippen LogP contribution in [0.2, 0.25) is 0 Å². The number of rotatable bonds is 3. The Morgan fingerprint density at radius 3 is 2.13 bits per heavy atom. The van der Waals surface area contributed by atoms with Crippen LogP contribution in [0.25, 0.3) is 0 Å². The molecule has 0 aromatic rings. The Balaban J connectivity index is 2.42. The summed E-state index contributed by atoms with van der Waals surface area (Å²) in [6, 6.07) is 0. The van der Waals surface area contributed by atoms with Gasteiger partial charge in [0.1, 0.15) is 0 Å². The average molecular weight is 233 g/mol. The topological polar surface area (TPSA) is 46.2 Å². The normalized spacial score (nSPS) is 20.5. The summed E-state index contributed by atoms with van der Waals surface area (Å²) >= 11 is 0. The summed E-state index contributed by atoms with van der Waals surface area (Å²) in [6.07, 6.45) is 6.16. The highest BCUT2D eigenvalue weighted by Gasteiger charge is 2.29. The summed E-state index contributed by atoms with van der Waals surface area (Å²) in [5, 5.41) is 0. The smallest absolute Gasteiger partial charge is 0.215 e. The summed E-state index contributed by atoms with van der Waals surface area (Å²) in [5.74, 6) is 0.552. The molecule has 90 valence electrons. The molecule has 0 aromatic heterocycles. The highest BCUT2D eigenvalue weighted by Crippen LogP contribution is 2.23. The van der Waals surface area contributed by atoms with Gasteiger partial charge in [-0.25, -0.2) is 13.1 Å². The van der Waals surface area contributed by atoms with E-state index >= 15 is 0 Å². The van der Waals surface area contributed by atoms with Crippen LogP contribution in [-0.4, -0.2) is 19.7 Å². The molecule has 0 aromatic carbocycles. The number of sulfonamides is 1. The van der Waals surface area contributed by atoms with Crippen LogP contribution in [0, 0.1) is 5.92 Å². The van der Waals surface area contributed by atoms with Crippen molar-refractivity contribution in [1.82, 2.24) is 4.72 Å². The van der Waals surface area contributed by atoms with E-state index in [9.17, 15) is 8.42 Å². The van der Waals surface area contributed by atoms with Gasteiger partial charge in [-0.05, 0) is 39.5 Å². The third kappa shape index (κ3) is 3.76. The Morgan fingerprint density at radius 1 is 1.13 bits per heavy atom. The van der Waals surface area contributed by atoms with Gasteiger partial charge in [0, 0.05) is 6.54 Å². The van der Waals surface area contributed by atoms with E-state index in [0.717, 1.165) is 0 Å². The zero-order valence-electron chi connectivity index (χ0n) is 10.0. The van der Waals surface area contributed by atoms with Crippen molar-refractivity contribution in [3.8, 4) is 0 Å². The van der Waals surface area contributed by atoms with E-state index in [2.05, 4.69) is 4.72 Å². The van der Waals surface area contributed by atoms with Crippen molar-refractivity contribution >= 4 is 10.0 Å². The minimum absolute atomic E-state index is 0.552. The maximum absolute atomic E-state index is 11.8. The Kier molecular flexibility index (Phi) is 4.18. The van der Waals surface area contributed by atoms with Crippen LogP contribution >= 0.6 is 0 Å². The first-order chi connectivity index (χ1) is 6.83. The predicted octanol–water partition coefficient (Wildman–Crippen LogP) is 2.28. The summed E-state index contributed by atoms with van der Waals surface area (Å²) in [7, 11) is -3.15. The van der Waals surface area contributed by atoms with Crippen LogP contribution in [0.1, 0.15) is 52.9 Å². The Labute approximate surface area is 93.7 Å². The van der Waals surface area contributed by atoms with E-state index in [0.29, 0.717) is 12.5 Å². The predicted molar refractivity (Wildman–Crippen MR) is 63.3 cm³/mol. The molecule has 1 aliphatic carbocycles. The number of nitrogens with one attached hydrogen (secondary N) is 1. The van der Waals surface area contributed by atoms with Gasteiger partial charge in [-0.2, -0.15) is 0 Å². The lowest BCUT2D eigenvalue weighted by Gasteiger charge is -2.25. The standard InChI is InChI=1S/C11H23NO2S/c1-11(2,3)15(13,14)12-9-10-7-5-4-6-8-10/h10,12H,4-9H2,1-3H3. The van der Waals surface area contributed by atoms with Gasteiger partial charge in [0.25, 0.3) is 0 Å². The monoisotopic (exact) mass is 233 g/mol. The molecule has 1 aliphatic rings. The van der Waals surface area contributed by atoms with Crippen LogP contribution in [0.4, 0.5) is 0 Å². The molecule has 4 heteroatoms. The molecule has 0 saturated heterocycles. The van der Waals surface area contributed by atoms with Crippen molar-refractivity contribution in [3.05, 3.63) is 0 Å². The molecule has 0 bridgehead atoms. The first kappa shape index (κ1) is 13.0. The Hall–Kier alpha value is -0.0900. The van der Waals surface area contributed by atoms with Crippen LogP contribution < -0.4 is 4.72 Å². The largest absolute Gasteiger partial charge is 0.216 e.